The van der Waals surface area contributed by atoms with Crippen molar-refractivity contribution in [3.05, 3.63) is 48.0 Å². The number of amides is 1. The fraction of sp³-hybridized carbons (Fsp3) is 0.176. The van der Waals surface area contributed by atoms with Gasteiger partial charge in [-0.2, -0.15) is 4.98 Å². The van der Waals surface area contributed by atoms with E-state index in [0.29, 0.717) is 17.2 Å². The fourth-order valence-corrected chi connectivity index (χ4v) is 2.60. The maximum absolute atomic E-state index is 11.3. The Morgan fingerprint density at radius 3 is 2.52 bits per heavy atom. The van der Waals surface area contributed by atoms with Crippen molar-refractivity contribution >= 4 is 24.3 Å². The van der Waals surface area contributed by atoms with Crippen molar-refractivity contribution in [2.75, 3.05) is 4.90 Å². The molecular weight excluding hydrogens is 292 g/mol. The Morgan fingerprint density at radius 1 is 1.09 bits per heavy atom. The number of pyridine rings is 1. The highest BCUT2D eigenvalue weighted by Gasteiger charge is 2.31. The number of nitrogens with zero attached hydrogens (tertiary/aromatic N) is 4. The van der Waals surface area contributed by atoms with E-state index in [2.05, 4.69) is 10.1 Å². The summed E-state index contributed by atoms with van der Waals surface area (Å²) in [5.74, 6) is 0.430. The number of hydrogen-bond donors (Lipinski definition) is 0. The van der Waals surface area contributed by atoms with E-state index in [4.69, 9.17) is 0 Å². The predicted octanol–water partition coefficient (Wildman–Crippen LogP) is 2.33. The second-order valence-electron chi connectivity index (χ2n) is 5.58. The molecule has 1 saturated carbocycles. The van der Waals surface area contributed by atoms with Crippen LogP contribution in [-0.4, -0.2) is 33.3 Å². The predicted molar refractivity (Wildman–Crippen MR) is 85.4 cm³/mol. The largest absolute Gasteiger partial charge is 0.298 e. The van der Waals surface area contributed by atoms with Crippen LogP contribution in [0.25, 0.3) is 16.9 Å². The Morgan fingerprint density at radius 2 is 1.87 bits per heavy atom. The summed E-state index contributed by atoms with van der Waals surface area (Å²) in [4.78, 5) is 28.1. The summed E-state index contributed by atoms with van der Waals surface area (Å²) in [6.07, 6.45) is 3.60. The van der Waals surface area contributed by atoms with Crippen molar-refractivity contribution in [1.82, 2.24) is 14.6 Å². The average molecular weight is 306 g/mol. The minimum Gasteiger partial charge on any atom is -0.298 e. The van der Waals surface area contributed by atoms with Gasteiger partial charge in [-0.25, -0.2) is 4.52 Å². The van der Waals surface area contributed by atoms with Crippen LogP contribution in [0.1, 0.15) is 23.2 Å². The molecule has 0 unspecified atom stereocenters. The first-order chi connectivity index (χ1) is 11.3. The zero-order chi connectivity index (χ0) is 15.8. The van der Waals surface area contributed by atoms with Crippen LogP contribution in [-0.2, 0) is 4.79 Å². The zero-order valence-corrected chi connectivity index (χ0v) is 12.3. The molecule has 3 aromatic rings. The topological polar surface area (TPSA) is 67.6 Å². The number of carbonyl (C=O) groups excluding carboxylic acids is 2. The van der Waals surface area contributed by atoms with Gasteiger partial charge in [0.15, 0.2) is 5.65 Å². The molecule has 0 N–H and O–H groups in total. The van der Waals surface area contributed by atoms with E-state index in [-0.39, 0.29) is 6.04 Å². The van der Waals surface area contributed by atoms with Gasteiger partial charge in [-0.15, -0.1) is 5.10 Å². The molecule has 23 heavy (non-hydrogen) atoms. The number of hydrogen-bond acceptors (Lipinski definition) is 4. The summed E-state index contributed by atoms with van der Waals surface area (Å²) in [6, 6.07) is 13.2. The summed E-state index contributed by atoms with van der Waals surface area (Å²) in [5, 5.41) is 4.49. The molecule has 114 valence electrons. The number of anilines is 1. The molecule has 6 nitrogen and oxygen atoms in total. The first-order valence-electron chi connectivity index (χ1n) is 7.45. The van der Waals surface area contributed by atoms with Crippen LogP contribution < -0.4 is 4.90 Å². The highest BCUT2D eigenvalue weighted by Crippen LogP contribution is 2.29. The van der Waals surface area contributed by atoms with E-state index in [0.717, 1.165) is 36.8 Å². The third-order valence-corrected chi connectivity index (χ3v) is 3.98. The lowest BCUT2D eigenvalue weighted by Gasteiger charge is -2.10. The molecule has 4 rings (SSSR count). The van der Waals surface area contributed by atoms with Crippen LogP contribution in [0.3, 0.4) is 0 Å². The van der Waals surface area contributed by atoms with Gasteiger partial charge >= 0.3 is 0 Å². The first-order valence-corrected chi connectivity index (χ1v) is 7.45. The number of carbonyl (C=O) groups is 2. The minimum atomic E-state index is 0.222. The number of benzene rings is 1. The molecule has 0 radical (unpaired) electrons. The smallest absolute Gasteiger partial charge is 0.252 e. The van der Waals surface area contributed by atoms with Crippen molar-refractivity contribution in [3.63, 3.8) is 0 Å². The van der Waals surface area contributed by atoms with Gasteiger partial charge in [0, 0.05) is 17.2 Å². The monoisotopic (exact) mass is 306 g/mol. The van der Waals surface area contributed by atoms with Crippen LogP contribution in [0.15, 0.2) is 42.5 Å². The molecule has 2 heterocycles. The van der Waals surface area contributed by atoms with E-state index in [1.807, 2.05) is 30.3 Å². The fourth-order valence-electron chi connectivity index (χ4n) is 2.60. The van der Waals surface area contributed by atoms with E-state index < -0.39 is 0 Å². The van der Waals surface area contributed by atoms with Gasteiger partial charge in [0.1, 0.15) is 6.29 Å². The van der Waals surface area contributed by atoms with Gasteiger partial charge in [-0.05, 0) is 25.0 Å². The molecular formula is C17H14N4O2. The van der Waals surface area contributed by atoms with Crippen molar-refractivity contribution in [2.45, 2.75) is 18.9 Å². The zero-order valence-electron chi connectivity index (χ0n) is 12.3. The number of rotatable bonds is 5. The SMILES string of the molecule is O=Cc1ccc(-c2cccc3nc(N(C=O)C4CC4)nn23)cc1. The van der Waals surface area contributed by atoms with Gasteiger partial charge < -0.3 is 0 Å². The van der Waals surface area contributed by atoms with Gasteiger partial charge in [0.05, 0.1) is 5.69 Å². The van der Waals surface area contributed by atoms with Crippen molar-refractivity contribution < 1.29 is 9.59 Å². The van der Waals surface area contributed by atoms with E-state index in [9.17, 15) is 9.59 Å². The van der Waals surface area contributed by atoms with E-state index in [1.165, 1.54) is 0 Å². The normalized spacial score (nSPS) is 13.9. The molecule has 2 aromatic heterocycles. The lowest BCUT2D eigenvalue weighted by atomic mass is 10.1. The standard InChI is InChI=1S/C17H14N4O2/c22-10-12-4-6-13(7-5-12)15-2-1-3-16-18-17(19-21(15)16)20(11-23)14-8-9-14/h1-7,10-11,14H,8-9H2. The van der Waals surface area contributed by atoms with Gasteiger partial charge in [-0.3, -0.25) is 14.5 Å². The Kier molecular flexibility index (Phi) is 3.15. The molecule has 0 bridgehead atoms. The highest BCUT2D eigenvalue weighted by atomic mass is 16.1. The number of aromatic nitrogens is 3. The Balaban J connectivity index is 1.81. The van der Waals surface area contributed by atoms with Gasteiger partial charge in [0.25, 0.3) is 5.95 Å². The molecule has 1 aliphatic carbocycles. The van der Waals surface area contributed by atoms with Crippen LogP contribution in [0.4, 0.5) is 5.95 Å². The molecule has 0 spiro atoms. The minimum absolute atomic E-state index is 0.222. The lowest BCUT2D eigenvalue weighted by molar-refractivity contribution is -0.107. The summed E-state index contributed by atoms with van der Waals surface area (Å²) in [6.45, 7) is 0. The van der Waals surface area contributed by atoms with E-state index in [1.54, 1.807) is 21.5 Å². The molecule has 6 heteroatoms. The van der Waals surface area contributed by atoms with Crippen LogP contribution >= 0.6 is 0 Å². The Bertz CT molecular complexity index is 881. The number of aldehydes is 1. The number of fused-ring (bicyclic) bond motifs is 1. The van der Waals surface area contributed by atoms with Crippen molar-refractivity contribution in [2.24, 2.45) is 0 Å². The van der Waals surface area contributed by atoms with Crippen LogP contribution in [0, 0.1) is 0 Å². The van der Waals surface area contributed by atoms with Gasteiger partial charge in [0.2, 0.25) is 6.41 Å². The summed E-state index contributed by atoms with van der Waals surface area (Å²) >= 11 is 0. The van der Waals surface area contributed by atoms with Crippen LogP contribution in [0.5, 0.6) is 0 Å². The maximum atomic E-state index is 11.3. The quantitative estimate of drug-likeness (QED) is 0.679. The van der Waals surface area contributed by atoms with Crippen LogP contribution in [0.2, 0.25) is 0 Å². The maximum Gasteiger partial charge on any atom is 0.252 e. The summed E-state index contributed by atoms with van der Waals surface area (Å²) < 4.78 is 1.73. The molecule has 1 aromatic carbocycles. The first kappa shape index (κ1) is 13.6. The third-order valence-electron chi connectivity index (χ3n) is 3.98. The molecule has 0 aliphatic heterocycles. The lowest BCUT2D eigenvalue weighted by Crippen LogP contribution is -2.24. The second-order valence-corrected chi connectivity index (χ2v) is 5.58. The van der Waals surface area contributed by atoms with Crippen molar-refractivity contribution in [1.29, 1.82) is 0 Å². The molecule has 1 amide bonds. The molecule has 0 saturated heterocycles. The van der Waals surface area contributed by atoms with Gasteiger partial charge in [-0.1, -0.05) is 30.3 Å². The Labute approximate surface area is 132 Å². The molecule has 0 atom stereocenters. The summed E-state index contributed by atoms with van der Waals surface area (Å²) in [7, 11) is 0. The molecule has 1 fully saturated rings. The average Bonchev–Trinajstić information content (AvgIpc) is 3.33. The Hall–Kier alpha value is -3.02. The second kappa shape index (κ2) is 5.31. The third kappa shape index (κ3) is 2.38. The van der Waals surface area contributed by atoms with Crippen molar-refractivity contribution in [3.8, 4) is 11.3 Å². The molecule has 1 aliphatic rings. The summed E-state index contributed by atoms with van der Waals surface area (Å²) in [5.41, 5.74) is 3.10. The highest BCUT2D eigenvalue weighted by molar-refractivity contribution is 5.77. The van der Waals surface area contributed by atoms with E-state index >= 15 is 0 Å².